The highest BCUT2D eigenvalue weighted by Crippen LogP contribution is 2.22. The summed E-state index contributed by atoms with van der Waals surface area (Å²) in [7, 11) is 0. The number of carbonyl (C=O) groups is 1. The van der Waals surface area contributed by atoms with E-state index in [1.54, 1.807) is 13.0 Å². The van der Waals surface area contributed by atoms with Crippen LogP contribution in [-0.2, 0) is 4.79 Å². The fourth-order valence-corrected chi connectivity index (χ4v) is 1.37. The van der Waals surface area contributed by atoms with Crippen LogP contribution in [0.3, 0.4) is 0 Å². The van der Waals surface area contributed by atoms with E-state index in [1.807, 2.05) is 0 Å². The molecule has 0 heterocycles. The van der Waals surface area contributed by atoms with Crippen LogP contribution in [0.2, 0.25) is 0 Å². The summed E-state index contributed by atoms with van der Waals surface area (Å²) < 4.78 is 36.0. The van der Waals surface area contributed by atoms with Gasteiger partial charge in [0.25, 0.3) is 0 Å². The average Bonchev–Trinajstić information content (AvgIpc) is 2.21. The van der Waals surface area contributed by atoms with Gasteiger partial charge < -0.3 is 10.5 Å². The lowest BCUT2D eigenvalue weighted by Gasteiger charge is -2.11. The summed E-state index contributed by atoms with van der Waals surface area (Å²) in [4.78, 5) is 11.1. The molecular weight excluding hydrogens is 249 g/mol. The van der Waals surface area contributed by atoms with Crippen molar-refractivity contribution >= 4 is 17.8 Å². The number of hydrogen-bond acceptors (Lipinski definition) is 3. The van der Waals surface area contributed by atoms with Crippen LogP contribution in [0.4, 0.5) is 18.9 Å². The second-order valence-corrected chi connectivity index (χ2v) is 3.60. The number of rotatable bonds is 3. The third-order valence-corrected chi connectivity index (χ3v) is 2.21. The molecule has 1 aromatic rings. The van der Waals surface area contributed by atoms with E-state index in [9.17, 15) is 18.0 Å². The average molecular weight is 260 g/mol. The number of anilines is 1. The Balaban J connectivity index is 2.85. The van der Waals surface area contributed by atoms with Gasteiger partial charge in [0.1, 0.15) is 6.42 Å². The lowest BCUT2D eigenvalue weighted by Crippen LogP contribution is -2.21. The second kappa shape index (κ2) is 5.52. The van der Waals surface area contributed by atoms with E-state index in [2.05, 4.69) is 10.5 Å². The predicted octanol–water partition coefficient (Wildman–Crippen LogP) is 2.69. The first-order chi connectivity index (χ1) is 8.33. The van der Waals surface area contributed by atoms with E-state index in [1.165, 1.54) is 12.1 Å². The van der Waals surface area contributed by atoms with E-state index in [4.69, 9.17) is 5.21 Å². The lowest BCUT2D eigenvalue weighted by molar-refractivity contribution is -0.150. The molecule has 0 fully saturated rings. The second-order valence-electron chi connectivity index (χ2n) is 3.60. The fraction of sp³-hybridized carbons (Fsp3) is 0.273. The summed E-state index contributed by atoms with van der Waals surface area (Å²) in [6.07, 6.45) is -4.94. The zero-order valence-corrected chi connectivity index (χ0v) is 9.45. The minimum atomic E-state index is -4.54. The van der Waals surface area contributed by atoms with E-state index in [0.29, 0.717) is 11.1 Å². The quantitative estimate of drug-likeness (QED) is 0.498. The Bertz CT molecular complexity index is 470. The predicted molar refractivity (Wildman–Crippen MR) is 59.9 cm³/mol. The summed E-state index contributed by atoms with van der Waals surface area (Å²) in [5.41, 5.74) is 1.27. The highest BCUT2D eigenvalue weighted by Gasteiger charge is 2.31. The van der Waals surface area contributed by atoms with Crippen molar-refractivity contribution in [2.45, 2.75) is 19.5 Å². The van der Waals surface area contributed by atoms with Crippen molar-refractivity contribution in [1.82, 2.24) is 0 Å². The number of nitrogens with zero attached hydrogens (tertiary/aromatic N) is 1. The Morgan fingerprint density at radius 1 is 1.50 bits per heavy atom. The minimum absolute atomic E-state index is 0.252. The van der Waals surface area contributed by atoms with Gasteiger partial charge in [0.05, 0.1) is 6.21 Å². The summed E-state index contributed by atoms with van der Waals surface area (Å²) in [6.45, 7) is 1.60. The maximum absolute atomic E-state index is 12.0. The Labute approximate surface area is 101 Å². The zero-order valence-electron chi connectivity index (χ0n) is 9.45. The third kappa shape index (κ3) is 4.08. The van der Waals surface area contributed by atoms with Crippen LogP contribution >= 0.6 is 0 Å². The Morgan fingerprint density at radius 3 is 2.72 bits per heavy atom. The van der Waals surface area contributed by atoms with E-state index >= 15 is 0 Å². The van der Waals surface area contributed by atoms with Crippen LogP contribution in [0, 0.1) is 6.92 Å². The molecule has 0 radical (unpaired) electrons. The molecule has 1 rings (SSSR count). The van der Waals surface area contributed by atoms with Gasteiger partial charge in [-0.2, -0.15) is 13.2 Å². The molecule has 0 aromatic heterocycles. The molecule has 0 unspecified atom stereocenters. The van der Waals surface area contributed by atoms with Gasteiger partial charge in [-0.3, -0.25) is 4.79 Å². The first-order valence-electron chi connectivity index (χ1n) is 4.97. The number of hydrogen-bond donors (Lipinski definition) is 2. The van der Waals surface area contributed by atoms with Crippen LogP contribution in [0.25, 0.3) is 0 Å². The van der Waals surface area contributed by atoms with Gasteiger partial charge in [-0.1, -0.05) is 17.3 Å². The molecule has 0 spiro atoms. The topological polar surface area (TPSA) is 61.7 Å². The number of benzene rings is 1. The van der Waals surface area contributed by atoms with E-state index in [-0.39, 0.29) is 5.69 Å². The van der Waals surface area contributed by atoms with E-state index < -0.39 is 18.5 Å². The van der Waals surface area contributed by atoms with Crippen molar-refractivity contribution in [3.8, 4) is 0 Å². The van der Waals surface area contributed by atoms with Gasteiger partial charge in [-0.05, 0) is 18.6 Å². The molecule has 2 N–H and O–H groups in total. The van der Waals surface area contributed by atoms with E-state index in [0.717, 1.165) is 6.21 Å². The van der Waals surface area contributed by atoms with Crippen LogP contribution in [0.15, 0.2) is 23.4 Å². The number of halogens is 3. The van der Waals surface area contributed by atoms with Crippen molar-refractivity contribution in [2.24, 2.45) is 5.16 Å². The number of carbonyl (C=O) groups excluding carboxylic acids is 1. The number of amides is 1. The van der Waals surface area contributed by atoms with Gasteiger partial charge >= 0.3 is 6.18 Å². The molecule has 0 aliphatic rings. The van der Waals surface area contributed by atoms with Crippen molar-refractivity contribution in [2.75, 3.05) is 5.32 Å². The summed E-state index contributed by atoms with van der Waals surface area (Å²) in [5.74, 6) is -1.14. The molecule has 18 heavy (non-hydrogen) atoms. The molecule has 0 saturated carbocycles. The smallest absolute Gasteiger partial charge is 0.397 e. The standard InChI is InChI=1S/C11H11F3N2O2/c1-7-8(6-15-18)3-2-4-9(7)16-10(17)5-11(12,13)14/h2-4,6,18H,5H2,1H3,(H,16,17). The summed E-state index contributed by atoms with van der Waals surface area (Å²) >= 11 is 0. The highest BCUT2D eigenvalue weighted by atomic mass is 19.4. The zero-order chi connectivity index (χ0) is 13.8. The number of alkyl halides is 3. The van der Waals surface area contributed by atoms with Crippen molar-refractivity contribution < 1.29 is 23.2 Å². The first-order valence-corrected chi connectivity index (χ1v) is 4.97. The van der Waals surface area contributed by atoms with Gasteiger partial charge in [-0.15, -0.1) is 0 Å². The van der Waals surface area contributed by atoms with Gasteiger partial charge in [0.15, 0.2) is 0 Å². The Kier molecular flexibility index (Phi) is 4.30. The highest BCUT2D eigenvalue weighted by molar-refractivity contribution is 5.94. The fourth-order valence-electron chi connectivity index (χ4n) is 1.37. The molecule has 0 saturated heterocycles. The van der Waals surface area contributed by atoms with Gasteiger partial charge in [0.2, 0.25) is 5.91 Å². The van der Waals surface area contributed by atoms with Crippen LogP contribution < -0.4 is 5.32 Å². The molecule has 0 bridgehead atoms. The monoisotopic (exact) mass is 260 g/mol. The van der Waals surface area contributed by atoms with Crippen molar-refractivity contribution in [1.29, 1.82) is 0 Å². The van der Waals surface area contributed by atoms with Crippen molar-refractivity contribution in [3.05, 3.63) is 29.3 Å². The number of nitrogens with one attached hydrogen (secondary N) is 1. The Morgan fingerprint density at radius 2 is 2.17 bits per heavy atom. The number of oxime groups is 1. The van der Waals surface area contributed by atoms with Crippen LogP contribution in [0.5, 0.6) is 0 Å². The molecular formula is C11H11F3N2O2. The van der Waals surface area contributed by atoms with Gasteiger partial charge in [0, 0.05) is 11.3 Å². The maximum Gasteiger partial charge on any atom is 0.397 e. The SMILES string of the molecule is Cc1c(C=NO)cccc1NC(=O)CC(F)(F)F. The molecule has 0 aliphatic heterocycles. The lowest BCUT2D eigenvalue weighted by atomic mass is 10.1. The summed E-state index contributed by atoms with van der Waals surface area (Å²) in [6, 6.07) is 4.61. The third-order valence-electron chi connectivity index (χ3n) is 2.21. The molecule has 1 aromatic carbocycles. The maximum atomic E-state index is 12.0. The largest absolute Gasteiger partial charge is 0.411 e. The van der Waals surface area contributed by atoms with Gasteiger partial charge in [-0.25, -0.2) is 0 Å². The van der Waals surface area contributed by atoms with Crippen molar-refractivity contribution in [3.63, 3.8) is 0 Å². The molecule has 4 nitrogen and oxygen atoms in total. The normalized spacial score (nSPS) is 11.8. The van der Waals surface area contributed by atoms with Crippen LogP contribution in [0.1, 0.15) is 17.5 Å². The molecule has 1 amide bonds. The Hall–Kier alpha value is -2.05. The van der Waals surface area contributed by atoms with Crippen LogP contribution in [-0.4, -0.2) is 23.5 Å². The summed E-state index contributed by atoms with van der Waals surface area (Å²) in [5, 5.41) is 13.4. The minimum Gasteiger partial charge on any atom is -0.411 e. The molecule has 98 valence electrons. The first kappa shape index (κ1) is 14.0. The molecule has 0 aliphatic carbocycles. The molecule has 7 heteroatoms. The molecule has 0 atom stereocenters.